The highest BCUT2D eigenvalue weighted by molar-refractivity contribution is 5.87. The maximum absolute atomic E-state index is 11.4. The van der Waals surface area contributed by atoms with E-state index in [1.807, 2.05) is 55.5 Å². The van der Waals surface area contributed by atoms with Crippen molar-refractivity contribution in [1.82, 2.24) is 0 Å². The molecule has 11 heteroatoms. The molecule has 248 valence electrons. The first-order valence-corrected chi connectivity index (χ1v) is 14.6. The summed E-state index contributed by atoms with van der Waals surface area (Å²) in [6.45, 7) is 15.9. The van der Waals surface area contributed by atoms with E-state index in [9.17, 15) is 19.8 Å². The Hall–Kier alpha value is -3.90. The summed E-state index contributed by atoms with van der Waals surface area (Å²) in [5.74, 6) is -0.921. The van der Waals surface area contributed by atoms with Crippen LogP contribution in [0.15, 0.2) is 73.0 Å². The first-order valence-electron chi connectivity index (χ1n) is 14.6. The maximum Gasteiger partial charge on any atom is 0.372 e. The third kappa shape index (κ3) is 13.3. The minimum atomic E-state index is -1.05. The van der Waals surface area contributed by atoms with Gasteiger partial charge in [-0.1, -0.05) is 44.7 Å². The lowest BCUT2D eigenvalue weighted by Crippen LogP contribution is -2.28. The first kappa shape index (κ1) is 37.3. The Balaban J connectivity index is 1.77. The molecule has 0 aliphatic rings. The Morgan fingerprint density at radius 1 is 0.689 bits per heavy atom. The molecule has 0 aliphatic heterocycles. The Morgan fingerprint density at radius 3 is 1.42 bits per heavy atom. The van der Waals surface area contributed by atoms with Gasteiger partial charge in [0, 0.05) is 11.0 Å². The smallest absolute Gasteiger partial charge is 0.372 e. The lowest BCUT2D eigenvalue weighted by atomic mass is 9.78. The summed E-state index contributed by atoms with van der Waals surface area (Å²) in [4.78, 5) is 22.6. The molecule has 0 spiro atoms. The van der Waals surface area contributed by atoms with Crippen LogP contribution in [0.1, 0.15) is 45.7 Å². The molecule has 4 atom stereocenters. The van der Waals surface area contributed by atoms with Crippen LogP contribution in [0.25, 0.3) is 0 Å². The van der Waals surface area contributed by atoms with E-state index in [1.54, 1.807) is 6.92 Å². The lowest BCUT2D eigenvalue weighted by Gasteiger charge is -2.27. The summed E-state index contributed by atoms with van der Waals surface area (Å²) in [5.41, 5.74) is 2.15. The van der Waals surface area contributed by atoms with Crippen LogP contribution in [0.5, 0.6) is 11.5 Å². The minimum absolute atomic E-state index is 0.00577. The van der Waals surface area contributed by atoms with Crippen LogP contribution in [0, 0.1) is 0 Å². The maximum atomic E-state index is 11.4. The molecule has 0 fully saturated rings. The zero-order valence-corrected chi connectivity index (χ0v) is 26.7. The summed E-state index contributed by atoms with van der Waals surface area (Å²) in [7, 11) is 0. The molecule has 0 aromatic heterocycles. The highest BCUT2D eigenvalue weighted by Gasteiger charge is 2.23. The van der Waals surface area contributed by atoms with Crippen LogP contribution in [0.2, 0.25) is 0 Å². The van der Waals surface area contributed by atoms with Crippen LogP contribution in [-0.2, 0) is 34.0 Å². The van der Waals surface area contributed by atoms with E-state index in [-0.39, 0.29) is 62.8 Å². The monoisotopic (exact) mass is 630 g/mol. The van der Waals surface area contributed by atoms with E-state index in [1.165, 1.54) is 6.92 Å². The molecule has 2 aromatic carbocycles. The molecule has 0 bridgehead atoms. The largest absolute Gasteiger partial charge is 0.502 e. The predicted octanol–water partition coefficient (Wildman–Crippen LogP) is 4.04. The van der Waals surface area contributed by atoms with Crippen LogP contribution < -0.4 is 9.47 Å². The average molecular weight is 631 g/mol. The molecule has 0 saturated heterocycles. The van der Waals surface area contributed by atoms with Crippen molar-refractivity contribution < 1.29 is 53.3 Å². The topological polar surface area (TPSA) is 150 Å². The molecule has 0 amide bonds. The second-order valence-electron chi connectivity index (χ2n) is 11.3. The van der Waals surface area contributed by atoms with Crippen molar-refractivity contribution >= 4 is 11.9 Å². The Kier molecular flexibility index (Phi) is 15.0. The third-order valence-corrected chi connectivity index (χ3v) is 6.67. The van der Waals surface area contributed by atoms with Gasteiger partial charge in [0.25, 0.3) is 0 Å². The first-order chi connectivity index (χ1) is 21.2. The fourth-order valence-electron chi connectivity index (χ4n) is 3.82. The zero-order chi connectivity index (χ0) is 33.6. The van der Waals surface area contributed by atoms with Gasteiger partial charge in [0.05, 0.1) is 25.4 Å². The van der Waals surface area contributed by atoms with E-state index >= 15 is 0 Å². The van der Waals surface area contributed by atoms with Gasteiger partial charge < -0.3 is 43.7 Å². The number of rotatable bonds is 20. The number of benzene rings is 2. The molecule has 45 heavy (non-hydrogen) atoms. The van der Waals surface area contributed by atoms with Gasteiger partial charge in [-0.2, -0.15) is 0 Å². The molecule has 11 nitrogen and oxygen atoms in total. The highest BCUT2D eigenvalue weighted by atomic mass is 16.6. The van der Waals surface area contributed by atoms with Crippen molar-refractivity contribution in [1.29, 1.82) is 0 Å². The van der Waals surface area contributed by atoms with E-state index in [0.717, 1.165) is 11.1 Å². The Bertz CT molecular complexity index is 1140. The van der Waals surface area contributed by atoms with Gasteiger partial charge in [0.1, 0.15) is 50.1 Å². The number of carbonyl (C=O) groups is 2. The quantitative estimate of drug-likeness (QED) is 0.111. The fraction of sp³-hybridized carbons (Fsp3) is 0.471. The molecule has 2 aromatic rings. The van der Waals surface area contributed by atoms with Gasteiger partial charge >= 0.3 is 11.9 Å². The SMILES string of the molecule is C=C(C)C(=O)OCC(O)COC(C)COc1ccc(C(C)(C)c2ccc(OCC(C)OCC(O)COC(=O)C(=C)O)cc2)cc1. The average Bonchev–Trinajstić information content (AvgIpc) is 3.02. The Morgan fingerprint density at radius 2 is 1.07 bits per heavy atom. The van der Waals surface area contributed by atoms with Crippen molar-refractivity contribution in [3.05, 3.63) is 84.1 Å². The second kappa shape index (κ2) is 18.2. The normalized spacial score (nSPS) is 14.0. The van der Waals surface area contributed by atoms with E-state index < -0.39 is 29.9 Å². The van der Waals surface area contributed by atoms with Gasteiger partial charge in [-0.05, 0) is 62.7 Å². The number of carbonyl (C=O) groups excluding carboxylic acids is 2. The van der Waals surface area contributed by atoms with Gasteiger partial charge in [-0.25, -0.2) is 9.59 Å². The van der Waals surface area contributed by atoms with Crippen molar-refractivity contribution in [2.75, 3.05) is 39.6 Å². The van der Waals surface area contributed by atoms with E-state index in [2.05, 4.69) is 31.7 Å². The molecule has 0 aliphatic carbocycles. The van der Waals surface area contributed by atoms with Crippen molar-refractivity contribution in [2.45, 2.75) is 64.4 Å². The number of esters is 2. The summed E-state index contributed by atoms with van der Waals surface area (Å²) in [5, 5.41) is 28.7. The van der Waals surface area contributed by atoms with E-state index in [0.29, 0.717) is 11.5 Å². The number of ether oxygens (including phenoxy) is 6. The summed E-state index contributed by atoms with van der Waals surface area (Å²) in [6.07, 6.45) is -2.62. The number of aliphatic hydroxyl groups excluding tert-OH is 3. The molecule has 0 heterocycles. The van der Waals surface area contributed by atoms with E-state index in [4.69, 9.17) is 28.8 Å². The number of hydrogen-bond donors (Lipinski definition) is 3. The summed E-state index contributed by atoms with van der Waals surface area (Å²) >= 11 is 0. The van der Waals surface area contributed by atoms with Crippen molar-refractivity contribution in [3.8, 4) is 11.5 Å². The summed E-state index contributed by atoms with van der Waals surface area (Å²) in [6, 6.07) is 15.6. The van der Waals surface area contributed by atoms with Gasteiger partial charge in [-0.15, -0.1) is 0 Å². The van der Waals surface area contributed by atoms with Gasteiger partial charge in [-0.3, -0.25) is 0 Å². The van der Waals surface area contributed by atoms with Crippen LogP contribution in [0.3, 0.4) is 0 Å². The predicted molar refractivity (Wildman–Crippen MR) is 167 cm³/mol. The number of aliphatic hydroxyl groups is 3. The molecule has 4 unspecified atom stereocenters. The highest BCUT2D eigenvalue weighted by Crippen LogP contribution is 2.33. The minimum Gasteiger partial charge on any atom is -0.502 e. The van der Waals surface area contributed by atoms with Gasteiger partial charge in [0.15, 0.2) is 5.76 Å². The Labute approximate surface area is 265 Å². The van der Waals surface area contributed by atoms with Gasteiger partial charge in [0.2, 0.25) is 0 Å². The van der Waals surface area contributed by atoms with Crippen LogP contribution in [-0.4, -0.2) is 91.3 Å². The zero-order valence-electron chi connectivity index (χ0n) is 26.7. The van der Waals surface area contributed by atoms with Crippen molar-refractivity contribution in [3.63, 3.8) is 0 Å². The second-order valence-corrected chi connectivity index (χ2v) is 11.3. The third-order valence-electron chi connectivity index (χ3n) is 6.67. The lowest BCUT2D eigenvalue weighted by molar-refractivity contribution is -0.146. The molecular formula is C34H46O11. The van der Waals surface area contributed by atoms with Crippen molar-refractivity contribution in [2.24, 2.45) is 0 Å². The molecular weight excluding hydrogens is 584 g/mol. The van der Waals surface area contributed by atoms with Crippen LogP contribution >= 0.6 is 0 Å². The van der Waals surface area contributed by atoms with Crippen LogP contribution in [0.4, 0.5) is 0 Å². The molecule has 0 saturated carbocycles. The standard InChI is InChI=1S/C34H46O11/c1-22(2)32(38)44-20-28(36)18-40-23(3)16-42-30-12-8-26(9-13-30)34(6,7)27-10-14-31(15-11-27)43-17-24(4)41-19-29(37)21-45-33(39)25(5)35/h8-15,23-24,28-29,35-37H,1,5,16-21H2,2-4,6-7H3. The molecule has 2 rings (SSSR count). The fourth-order valence-corrected chi connectivity index (χ4v) is 3.82. The molecule has 3 N–H and O–H groups in total. The summed E-state index contributed by atoms with van der Waals surface area (Å²) < 4.78 is 32.4. The number of hydrogen-bond acceptors (Lipinski definition) is 11. The molecule has 0 radical (unpaired) electrons.